The van der Waals surface area contributed by atoms with Gasteiger partial charge in [-0.25, -0.2) is 0 Å². The summed E-state index contributed by atoms with van der Waals surface area (Å²) in [5, 5.41) is 9.08. The second-order valence-corrected chi connectivity index (χ2v) is 6.50. The Morgan fingerprint density at radius 1 is 1.14 bits per heavy atom. The number of nitrogens with zero attached hydrogens (tertiary/aromatic N) is 1. The van der Waals surface area contributed by atoms with Crippen LogP contribution in [0.2, 0.25) is 0 Å². The first-order chi connectivity index (χ1) is 10.8. The average Bonchev–Trinajstić information content (AvgIpc) is 3.04. The summed E-state index contributed by atoms with van der Waals surface area (Å²) in [4.78, 5) is 14.6. The van der Waals surface area contributed by atoms with E-state index in [1.165, 1.54) is 5.56 Å². The summed E-state index contributed by atoms with van der Waals surface area (Å²) in [6.07, 6.45) is 3.87. The van der Waals surface area contributed by atoms with Crippen LogP contribution < -0.4 is 0 Å². The van der Waals surface area contributed by atoms with Crippen molar-refractivity contribution in [2.24, 2.45) is 11.8 Å². The van der Waals surface area contributed by atoms with Crippen molar-refractivity contribution in [3.63, 3.8) is 0 Å². The van der Waals surface area contributed by atoms with Gasteiger partial charge in [-0.05, 0) is 42.7 Å². The fourth-order valence-corrected chi connectivity index (χ4v) is 3.52. The highest BCUT2D eigenvalue weighted by Gasteiger charge is 2.31. The van der Waals surface area contributed by atoms with Gasteiger partial charge in [0, 0.05) is 32.2 Å². The standard InChI is InChI=1S/C18H25NO3/c20-13-15-3-1-14(2-4-15)11-16-5-8-19(12-16)18(21)17-6-9-22-10-7-17/h1-4,16-17,20H,5-13H2. The number of rotatable bonds is 4. The normalized spacial score (nSPS) is 23.0. The van der Waals surface area contributed by atoms with Gasteiger partial charge in [0.2, 0.25) is 5.91 Å². The molecule has 0 bridgehead atoms. The molecule has 120 valence electrons. The van der Waals surface area contributed by atoms with Gasteiger partial charge in [-0.15, -0.1) is 0 Å². The zero-order valence-electron chi connectivity index (χ0n) is 13.0. The van der Waals surface area contributed by atoms with Crippen LogP contribution in [0.15, 0.2) is 24.3 Å². The van der Waals surface area contributed by atoms with Gasteiger partial charge in [0.05, 0.1) is 6.61 Å². The van der Waals surface area contributed by atoms with Crippen molar-refractivity contribution in [3.8, 4) is 0 Å². The Bertz CT molecular complexity index is 494. The summed E-state index contributed by atoms with van der Waals surface area (Å²) in [5.41, 5.74) is 2.24. The first-order valence-electron chi connectivity index (χ1n) is 8.31. The monoisotopic (exact) mass is 303 g/mol. The maximum absolute atomic E-state index is 12.5. The molecular weight excluding hydrogens is 278 g/mol. The zero-order chi connectivity index (χ0) is 15.4. The molecule has 2 heterocycles. The van der Waals surface area contributed by atoms with Gasteiger partial charge in [-0.1, -0.05) is 24.3 Å². The van der Waals surface area contributed by atoms with E-state index >= 15 is 0 Å². The Hall–Kier alpha value is -1.39. The van der Waals surface area contributed by atoms with E-state index in [0.717, 1.165) is 57.6 Å². The fourth-order valence-electron chi connectivity index (χ4n) is 3.52. The Labute approximate surface area is 132 Å². The van der Waals surface area contributed by atoms with Crippen LogP contribution in [-0.2, 0) is 22.6 Å². The third-order valence-corrected chi connectivity index (χ3v) is 4.90. The van der Waals surface area contributed by atoms with E-state index in [9.17, 15) is 4.79 Å². The molecule has 1 atom stereocenters. The molecule has 0 spiro atoms. The molecule has 22 heavy (non-hydrogen) atoms. The molecule has 1 amide bonds. The highest BCUT2D eigenvalue weighted by molar-refractivity contribution is 5.79. The van der Waals surface area contributed by atoms with Gasteiger partial charge in [0.25, 0.3) is 0 Å². The summed E-state index contributed by atoms with van der Waals surface area (Å²) in [7, 11) is 0. The van der Waals surface area contributed by atoms with Gasteiger partial charge in [0.1, 0.15) is 0 Å². The predicted molar refractivity (Wildman–Crippen MR) is 84.3 cm³/mol. The molecule has 1 N–H and O–H groups in total. The summed E-state index contributed by atoms with van der Waals surface area (Å²) >= 11 is 0. The maximum atomic E-state index is 12.5. The lowest BCUT2D eigenvalue weighted by Gasteiger charge is -2.26. The molecule has 4 nitrogen and oxygen atoms in total. The minimum Gasteiger partial charge on any atom is -0.392 e. The molecule has 0 aliphatic carbocycles. The fraction of sp³-hybridized carbons (Fsp3) is 0.611. The van der Waals surface area contributed by atoms with E-state index in [1.807, 2.05) is 12.1 Å². The lowest BCUT2D eigenvalue weighted by molar-refractivity contribution is -0.137. The number of carbonyl (C=O) groups is 1. The average molecular weight is 303 g/mol. The van der Waals surface area contributed by atoms with Crippen LogP contribution in [0.25, 0.3) is 0 Å². The quantitative estimate of drug-likeness (QED) is 0.925. The molecule has 1 unspecified atom stereocenters. The number of amides is 1. The summed E-state index contributed by atoms with van der Waals surface area (Å²) in [5.74, 6) is 1.07. The second kappa shape index (κ2) is 7.25. The minimum absolute atomic E-state index is 0.0943. The number of likely N-dealkylation sites (tertiary alicyclic amines) is 1. The molecule has 3 rings (SSSR count). The molecule has 1 aromatic rings. The van der Waals surface area contributed by atoms with Crippen LogP contribution in [0.1, 0.15) is 30.4 Å². The summed E-state index contributed by atoms with van der Waals surface area (Å²) in [6.45, 7) is 3.33. The smallest absolute Gasteiger partial charge is 0.225 e. The number of benzene rings is 1. The van der Waals surface area contributed by atoms with Crippen LogP contribution in [0.4, 0.5) is 0 Å². The molecule has 0 saturated carbocycles. The lowest BCUT2D eigenvalue weighted by Crippen LogP contribution is -2.37. The predicted octanol–water partition coefficient (Wildman–Crippen LogP) is 2.00. The van der Waals surface area contributed by atoms with Gasteiger partial charge in [-0.3, -0.25) is 4.79 Å². The highest BCUT2D eigenvalue weighted by Crippen LogP contribution is 2.25. The van der Waals surface area contributed by atoms with Crippen LogP contribution in [0.5, 0.6) is 0 Å². The first kappa shape index (κ1) is 15.5. The van der Waals surface area contributed by atoms with Crippen LogP contribution >= 0.6 is 0 Å². The van der Waals surface area contributed by atoms with E-state index < -0.39 is 0 Å². The van der Waals surface area contributed by atoms with Crippen molar-refractivity contribution < 1.29 is 14.6 Å². The Morgan fingerprint density at radius 3 is 2.50 bits per heavy atom. The second-order valence-electron chi connectivity index (χ2n) is 6.50. The van der Waals surface area contributed by atoms with Gasteiger partial charge >= 0.3 is 0 Å². The van der Waals surface area contributed by atoms with Crippen molar-refractivity contribution in [1.82, 2.24) is 4.90 Å². The number of hydrogen-bond donors (Lipinski definition) is 1. The molecule has 1 aromatic carbocycles. The highest BCUT2D eigenvalue weighted by atomic mass is 16.5. The third-order valence-electron chi connectivity index (χ3n) is 4.90. The topological polar surface area (TPSA) is 49.8 Å². The van der Waals surface area contributed by atoms with Gasteiger partial charge in [-0.2, -0.15) is 0 Å². The Kier molecular flexibility index (Phi) is 5.11. The number of carbonyl (C=O) groups excluding carboxylic acids is 1. The largest absolute Gasteiger partial charge is 0.392 e. The van der Waals surface area contributed by atoms with Gasteiger partial charge < -0.3 is 14.7 Å². The molecule has 2 fully saturated rings. The zero-order valence-corrected chi connectivity index (χ0v) is 13.0. The molecule has 2 aliphatic heterocycles. The maximum Gasteiger partial charge on any atom is 0.225 e. The van der Waals surface area contributed by atoms with Gasteiger partial charge in [0.15, 0.2) is 0 Å². The van der Waals surface area contributed by atoms with Crippen molar-refractivity contribution in [1.29, 1.82) is 0 Å². The SMILES string of the molecule is O=C(C1CCOCC1)N1CCC(Cc2ccc(CO)cc2)C1. The molecule has 2 aliphatic rings. The van der Waals surface area contributed by atoms with Crippen molar-refractivity contribution in [2.75, 3.05) is 26.3 Å². The molecule has 0 aromatic heterocycles. The summed E-state index contributed by atoms with van der Waals surface area (Å²) in [6, 6.07) is 8.15. The van der Waals surface area contributed by atoms with E-state index in [4.69, 9.17) is 9.84 Å². The third kappa shape index (κ3) is 3.68. The van der Waals surface area contributed by atoms with Crippen molar-refractivity contribution in [2.45, 2.75) is 32.3 Å². The first-order valence-corrected chi connectivity index (χ1v) is 8.31. The molecule has 2 saturated heterocycles. The van der Waals surface area contributed by atoms with Crippen molar-refractivity contribution >= 4 is 5.91 Å². The van der Waals surface area contributed by atoms with Crippen LogP contribution in [0.3, 0.4) is 0 Å². The molecule has 4 heteroatoms. The van der Waals surface area contributed by atoms with E-state index in [0.29, 0.717) is 11.8 Å². The van der Waals surface area contributed by atoms with Crippen LogP contribution in [0, 0.1) is 11.8 Å². The molecule has 0 radical (unpaired) electrons. The van der Waals surface area contributed by atoms with E-state index in [-0.39, 0.29) is 12.5 Å². The van der Waals surface area contributed by atoms with E-state index in [2.05, 4.69) is 17.0 Å². The number of aliphatic hydroxyl groups is 1. The Balaban J connectivity index is 1.51. The van der Waals surface area contributed by atoms with E-state index in [1.54, 1.807) is 0 Å². The minimum atomic E-state index is 0.0943. The van der Waals surface area contributed by atoms with Crippen molar-refractivity contribution in [3.05, 3.63) is 35.4 Å². The molecular formula is C18H25NO3. The number of aliphatic hydroxyl groups excluding tert-OH is 1. The summed E-state index contributed by atoms with van der Waals surface area (Å²) < 4.78 is 5.34. The number of ether oxygens (including phenoxy) is 1. The van der Waals surface area contributed by atoms with Crippen LogP contribution in [-0.4, -0.2) is 42.2 Å². The lowest BCUT2D eigenvalue weighted by atomic mass is 9.97. The Morgan fingerprint density at radius 2 is 1.82 bits per heavy atom. The number of hydrogen-bond acceptors (Lipinski definition) is 3.